The van der Waals surface area contributed by atoms with E-state index in [1.54, 1.807) is 0 Å². The van der Waals surface area contributed by atoms with Gasteiger partial charge in [0.2, 0.25) is 5.91 Å². The van der Waals surface area contributed by atoms with E-state index >= 15 is 0 Å². The molecule has 5 nitrogen and oxygen atoms in total. The van der Waals surface area contributed by atoms with Gasteiger partial charge in [-0.25, -0.2) is 0 Å². The first-order chi connectivity index (χ1) is 9.16. The number of carbonyl (C=O) groups excluding carboxylic acids is 1. The molecular weight excluding hydrogens is 244 g/mol. The van der Waals surface area contributed by atoms with Gasteiger partial charge in [0, 0.05) is 19.6 Å². The van der Waals surface area contributed by atoms with Crippen molar-refractivity contribution < 1.29 is 14.7 Å². The number of carbonyl (C=O) groups is 2. The maximum absolute atomic E-state index is 12.5. The number of hydrogen-bond donors (Lipinski definition) is 1. The van der Waals surface area contributed by atoms with E-state index in [0.29, 0.717) is 6.54 Å². The molecule has 1 atom stereocenters. The van der Waals surface area contributed by atoms with E-state index in [0.717, 1.165) is 45.3 Å². The molecule has 2 heterocycles. The van der Waals surface area contributed by atoms with Crippen molar-refractivity contribution >= 4 is 11.9 Å². The lowest BCUT2D eigenvalue weighted by Gasteiger charge is -2.33. The number of likely N-dealkylation sites (tertiary alicyclic amines) is 2. The zero-order chi connectivity index (χ0) is 13.7. The van der Waals surface area contributed by atoms with Crippen LogP contribution in [0.5, 0.6) is 0 Å². The average molecular weight is 268 g/mol. The first-order valence-electron chi connectivity index (χ1n) is 7.40. The second-order valence-corrected chi connectivity index (χ2v) is 5.71. The zero-order valence-corrected chi connectivity index (χ0v) is 11.5. The first-order valence-corrected chi connectivity index (χ1v) is 7.40. The Bertz CT molecular complexity index is 325. The van der Waals surface area contributed by atoms with Crippen LogP contribution in [0, 0.1) is 5.92 Å². The smallest absolute Gasteiger partial charge is 0.317 e. The van der Waals surface area contributed by atoms with Crippen LogP contribution in [0.1, 0.15) is 38.5 Å². The van der Waals surface area contributed by atoms with Gasteiger partial charge in [-0.05, 0) is 32.2 Å². The third kappa shape index (κ3) is 4.20. The van der Waals surface area contributed by atoms with Gasteiger partial charge in [0.15, 0.2) is 0 Å². The fourth-order valence-electron chi connectivity index (χ4n) is 3.14. The van der Waals surface area contributed by atoms with Crippen LogP contribution in [0.2, 0.25) is 0 Å². The van der Waals surface area contributed by atoms with Gasteiger partial charge < -0.3 is 10.0 Å². The summed E-state index contributed by atoms with van der Waals surface area (Å²) in [5.41, 5.74) is 0. The summed E-state index contributed by atoms with van der Waals surface area (Å²) in [6.07, 6.45) is 6.50. The molecule has 0 bridgehead atoms. The Morgan fingerprint density at radius 3 is 2.32 bits per heavy atom. The molecule has 19 heavy (non-hydrogen) atoms. The van der Waals surface area contributed by atoms with E-state index < -0.39 is 5.97 Å². The van der Waals surface area contributed by atoms with Crippen molar-refractivity contribution in [2.24, 2.45) is 5.92 Å². The molecule has 0 aromatic carbocycles. The fraction of sp³-hybridized carbons (Fsp3) is 0.857. The summed E-state index contributed by atoms with van der Waals surface area (Å²) in [7, 11) is 0. The molecule has 0 aromatic heterocycles. The van der Waals surface area contributed by atoms with Gasteiger partial charge in [-0.1, -0.05) is 12.8 Å². The van der Waals surface area contributed by atoms with E-state index in [2.05, 4.69) is 0 Å². The highest BCUT2D eigenvalue weighted by Gasteiger charge is 2.30. The summed E-state index contributed by atoms with van der Waals surface area (Å²) in [5, 5.41) is 8.84. The Morgan fingerprint density at radius 1 is 1.00 bits per heavy atom. The Hall–Kier alpha value is -1.10. The van der Waals surface area contributed by atoms with Gasteiger partial charge in [0.05, 0.1) is 12.5 Å². The lowest BCUT2D eigenvalue weighted by atomic mass is 9.96. The highest BCUT2D eigenvalue weighted by atomic mass is 16.4. The van der Waals surface area contributed by atoms with Crippen molar-refractivity contribution in [3.8, 4) is 0 Å². The van der Waals surface area contributed by atoms with Gasteiger partial charge in [-0.3, -0.25) is 14.5 Å². The van der Waals surface area contributed by atoms with Crippen molar-refractivity contribution in [1.29, 1.82) is 0 Å². The molecule has 0 spiro atoms. The number of aliphatic carboxylic acids is 1. The fourth-order valence-corrected chi connectivity index (χ4v) is 3.14. The van der Waals surface area contributed by atoms with Gasteiger partial charge >= 0.3 is 5.97 Å². The number of carboxylic acids is 1. The van der Waals surface area contributed by atoms with Crippen LogP contribution < -0.4 is 0 Å². The number of nitrogens with zero attached hydrogens (tertiary/aromatic N) is 2. The second-order valence-electron chi connectivity index (χ2n) is 5.71. The molecule has 2 fully saturated rings. The molecule has 2 rings (SSSR count). The normalized spacial score (nSPS) is 25.9. The monoisotopic (exact) mass is 268 g/mol. The van der Waals surface area contributed by atoms with Crippen LogP contribution in [0.3, 0.4) is 0 Å². The maximum Gasteiger partial charge on any atom is 0.317 e. The van der Waals surface area contributed by atoms with Crippen molar-refractivity contribution in [2.75, 3.05) is 32.7 Å². The van der Waals surface area contributed by atoms with Crippen LogP contribution in [0.4, 0.5) is 0 Å². The Balaban J connectivity index is 1.88. The predicted octanol–water partition coefficient (Wildman–Crippen LogP) is 1.19. The molecular formula is C14H24N2O3. The first kappa shape index (κ1) is 14.3. The van der Waals surface area contributed by atoms with E-state index in [9.17, 15) is 9.59 Å². The van der Waals surface area contributed by atoms with E-state index in [1.165, 1.54) is 12.8 Å². The van der Waals surface area contributed by atoms with Crippen molar-refractivity contribution in [2.45, 2.75) is 38.5 Å². The molecule has 2 aliphatic heterocycles. The number of amides is 1. The Kier molecular flexibility index (Phi) is 5.19. The van der Waals surface area contributed by atoms with Crippen LogP contribution in [0.15, 0.2) is 0 Å². The molecule has 0 saturated carbocycles. The van der Waals surface area contributed by atoms with E-state index in [-0.39, 0.29) is 18.4 Å². The van der Waals surface area contributed by atoms with Crippen LogP contribution in [-0.4, -0.2) is 59.5 Å². The van der Waals surface area contributed by atoms with E-state index in [4.69, 9.17) is 5.11 Å². The molecule has 2 saturated heterocycles. The second kappa shape index (κ2) is 6.89. The predicted molar refractivity (Wildman–Crippen MR) is 71.8 cm³/mol. The van der Waals surface area contributed by atoms with Gasteiger partial charge in [0.1, 0.15) is 0 Å². The van der Waals surface area contributed by atoms with Crippen molar-refractivity contribution in [3.63, 3.8) is 0 Å². The molecule has 0 radical (unpaired) electrons. The lowest BCUT2D eigenvalue weighted by molar-refractivity contribution is -0.142. The topological polar surface area (TPSA) is 60.9 Å². The summed E-state index contributed by atoms with van der Waals surface area (Å²) in [4.78, 5) is 27.1. The summed E-state index contributed by atoms with van der Waals surface area (Å²) in [6, 6.07) is 0. The third-order valence-electron chi connectivity index (χ3n) is 4.13. The molecule has 1 N–H and O–H groups in total. The summed E-state index contributed by atoms with van der Waals surface area (Å²) in [5.74, 6) is -0.550. The van der Waals surface area contributed by atoms with Crippen LogP contribution in [0.25, 0.3) is 0 Å². The number of piperidine rings is 1. The highest BCUT2D eigenvalue weighted by Crippen LogP contribution is 2.20. The minimum atomic E-state index is -0.803. The van der Waals surface area contributed by atoms with Crippen molar-refractivity contribution in [1.82, 2.24) is 9.80 Å². The van der Waals surface area contributed by atoms with Crippen LogP contribution in [-0.2, 0) is 9.59 Å². The highest BCUT2D eigenvalue weighted by molar-refractivity contribution is 5.79. The van der Waals surface area contributed by atoms with Crippen molar-refractivity contribution in [3.05, 3.63) is 0 Å². The van der Waals surface area contributed by atoms with Gasteiger partial charge in [-0.2, -0.15) is 0 Å². The molecule has 1 unspecified atom stereocenters. The third-order valence-corrected chi connectivity index (χ3v) is 4.13. The Morgan fingerprint density at radius 2 is 1.68 bits per heavy atom. The quantitative estimate of drug-likeness (QED) is 0.835. The minimum absolute atomic E-state index is 0.00574. The largest absolute Gasteiger partial charge is 0.480 e. The van der Waals surface area contributed by atoms with Gasteiger partial charge in [-0.15, -0.1) is 0 Å². The van der Waals surface area contributed by atoms with Gasteiger partial charge in [0.25, 0.3) is 0 Å². The zero-order valence-electron chi connectivity index (χ0n) is 11.5. The summed E-state index contributed by atoms with van der Waals surface area (Å²) < 4.78 is 0. The lowest BCUT2D eigenvalue weighted by Crippen LogP contribution is -2.46. The molecule has 2 aliphatic rings. The minimum Gasteiger partial charge on any atom is -0.480 e. The Labute approximate surface area is 114 Å². The SMILES string of the molecule is O=C(O)CN1CCCC(C(=O)N2CCCCCC2)C1. The molecule has 0 aromatic rings. The molecule has 108 valence electrons. The summed E-state index contributed by atoms with van der Waals surface area (Å²) in [6.45, 7) is 3.24. The molecule has 1 amide bonds. The number of rotatable bonds is 3. The average Bonchev–Trinajstić information content (AvgIpc) is 2.66. The number of carboxylic acid groups (broad SMARTS) is 1. The summed E-state index contributed by atoms with van der Waals surface area (Å²) >= 11 is 0. The van der Waals surface area contributed by atoms with E-state index in [1.807, 2.05) is 9.80 Å². The maximum atomic E-state index is 12.5. The number of hydrogen-bond acceptors (Lipinski definition) is 3. The standard InChI is InChI=1S/C14H24N2O3/c17-13(18)11-15-7-5-6-12(10-15)14(19)16-8-3-1-2-4-9-16/h12H,1-11H2,(H,17,18). The molecule has 5 heteroatoms. The van der Waals surface area contributed by atoms with Crippen LogP contribution >= 0.6 is 0 Å². The molecule has 0 aliphatic carbocycles.